The molecular formula is C11H12F2N2O2. The van der Waals surface area contributed by atoms with Crippen LogP contribution in [0.3, 0.4) is 0 Å². The highest BCUT2D eigenvalue weighted by atomic mass is 19.2. The van der Waals surface area contributed by atoms with Crippen LogP contribution in [0.25, 0.3) is 0 Å². The molecule has 1 saturated heterocycles. The van der Waals surface area contributed by atoms with E-state index < -0.39 is 23.6 Å². The van der Waals surface area contributed by atoms with Gasteiger partial charge in [-0.25, -0.2) is 8.78 Å². The molecule has 1 aliphatic rings. The Morgan fingerprint density at radius 2 is 2.29 bits per heavy atom. The van der Waals surface area contributed by atoms with Gasteiger partial charge in [0, 0.05) is 6.54 Å². The minimum atomic E-state index is -1.06. The van der Waals surface area contributed by atoms with Gasteiger partial charge in [0.05, 0.1) is 18.9 Å². The zero-order valence-electron chi connectivity index (χ0n) is 9.00. The van der Waals surface area contributed by atoms with Gasteiger partial charge in [-0.1, -0.05) is 6.07 Å². The fraction of sp³-hybridized carbons (Fsp3) is 0.364. The summed E-state index contributed by atoms with van der Waals surface area (Å²) in [4.78, 5) is 11.7. The quantitative estimate of drug-likeness (QED) is 0.809. The minimum Gasteiger partial charge on any atom is -0.378 e. The molecule has 4 nitrogen and oxygen atoms in total. The normalized spacial score (nSPS) is 20.0. The molecule has 0 radical (unpaired) electrons. The number of nitrogens with one attached hydrogen (secondary N) is 2. The van der Waals surface area contributed by atoms with Gasteiger partial charge in [-0.3, -0.25) is 4.79 Å². The topological polar surface area (TPSA) is 50.4 Å². The number of hydrogen-bond acceptors (Lipinski definition) is 3. The number of ether oxygens (including phenoxy) is 1. The van der Waals surface area contributed by atoms with Gasteiger partial charge in [-0.2, -0.15) is 0 Å². The van der Waals surface area contributed by atoms with Crippen LogP contribution in [-0.4, -0.2) is 31.7 Å². The Morgan fingerprint density at radius 3 is 3.00 bits per heavy atom. The van der Waals surface area contributed by atoms with Gasteiger partial charge in [0.25, 0.3) is 0 Å². The lowest BCUT2D eigenvalue weighted by Gasteiger charge is -2.22. The minimum absolute atomic E-state index is 0.164. The summed E-state index contributed by atoms with van der Waals surface area (Å²) in [5, 5.41) is 5.24. The van der Waals surface area contributed by atoms with Crippen molar-refractivity contribution >= 4 is 11.6 Å². The highest BCUT2D eigenvalue weighted by molar-refractivity contribution is 5.95. The lowest BCUT2D eigenvalue weighted by Crippen LogP contribution is -2.48. The second kappa shape index (κ2) is 5.20. The molecule has 1 unspecified atom stereocenters. The number of hydrogen-bond donors (Lipinski definition) is 2. The van der Waals surface area contributed by atoms with E-state index in [0.29, 0.717) is 13.2 Å². The second-order valence-electron chi connectivity index (χ2n) is 3.67. The molecule has 1 atom stereocenters. The lowest BCUT2D eigenvalue weighted by atomic mass is 10.2. The van der Waals surface area contributed by atoms with E-state index in [1.54, 1.807) is 0 Å². The van der Waals surface area contributed by atoms with Gasteiger partial charge in [-0.05, 0) is 12.1 Å². The van der Waals surface area contributed by atoms with Crippen molar-refractivity contribution in [1.82, 2.24) is 5.32 Å². The SMILES string of the molecule is O=C(Nc1cccc(F)c1F)C1COCCN1. The standard InChI is InChI=1S/C11H12F2N2O2/c12-7-2-1-3-8(10(7)13)15-11(16)9-6-17-5-4-14-9/h1-3,9,14H,4-6H2,(H,15,16). The van der Waals surface area contributed by atoms with Crippen LogP contribution in [0.15, 0.2) is 18.2 Å². The van der Waals surface area contributed by atoms with E-state index >= 15 is 0 Å². The van der Waals surface area contributed by atoms with E-state index in [2.05, 4.69) is 10.6 Å². The average molecular weight is 242 g/mol. The number of carbonyl (C=O) groups is 1. The molecule has 0 spiro atoms. The van der Waals surface area contributed by atoms with Crippen LogP contribution in [0.5, 0.6) is 0 Å². The molecule has 2 rings (SSSR count). The zero-order valence-corrected chi connectivity index (χ0v) is 9.00. The third kappa shape index (κ3) is 2.78. The van der Waals surface area contributed by atoms with E-state index in [4.69, 9.17) is 4.74 Å². The summed E-state index contributed by atoms with van der Waals surface area (Å²) >= 11 is 0. The predicted molar refractivity (Wildman–Crippen MR) is 57.6 cm³/mol. The third-order valence-corrected chi connectivity index (χ3v) is 2.45. The van der Waals surface area contributed by atoms with Crippen LogP contribution in [0.1, 0.15) is 0 Å². The molecule has 92 valence electrons. The number of carbonyl (C=O) groups excluding carboxylic acids is 1. The van der Waals surface area contributed by atoms with Crippen molar-refractivity contribution in [3.63, 3.8) is 0 Å². The lowest BCUT2D eigenvalue weighted by molar-refractivity contribution is -0.120. The fourth-order valence-electron chi connectivity index (χ4n) is 1.55. The van der Waals surface area contributed by atoms with E-state index in [9.17, 15) is 13.6 Å². The van der Waals surface area contributed by atoms with Crippen molar-refractivity contribution in [3.8, 4) is 0 Å². The summed E-state index contributed by atoms with van der Waals surface area (Å²) in [5.74, 6) is -2.48. The van der Waals surface area contributed by atoms with Crippen LogP contribution in [0.2, 0.25) is 0 Å². The van der Waals surface area contributed by atoms with Crippen molar-refractivity contribution in [1.29, 1.82) is 0 Å². The maximum Gasteiger partial charge on any atom is 0.243 e. The van der Waals surface area contributed by atoms with Crippen molar-refractivity contribution in [2.24, 2.45) is 0 Å². The Morgan fingerprint density at radius 1 is 1.47 bits per heavy atom. The number of anilines is 1. The molecule has 1 aliphatic heterocycles. The van der Waals surface area contributed by atoms with Crippen molar-refractivity contribution in [2.75, 3.05) is 25.1 Å². The van der Waals surface area contributed by atoms with Crippen molar-refractivity contribution in [2.45, 2.75) is 6.04 Å². The van der Waals surface area contributed by atoms with E-state index in [1.165, 1.54) is 12.1 Å². The molecule has 1 aromatic carbocycles. The molecule has 1 heterocycles. The first-order valence-electron chi connectivity index (χ1n) is 5.24. The Balaban J connectivity index is 2.04. The number of amides is 1. The number of rotatable bonds is 2. The molecule has 2 N–H and O–H groups in total. The highest BCUT2D eigenvalue weighted by Crippen LogP contribution is 2.16. The summed E-state index contributed by atoms with van der Waals surface area (Å²) in [7, 11) is 0. The van der Waals surface area contributed by atoms with Crippen LogP contribution >= 0.6 is 0 Å². The van der Waals surface area contributed by atoms with E-state index in [1.807, 2.05) is 0 Å². The van der Waals surface area contributed by atoms with E-state index in [0.717, 1.165) is 6.07 Å². The molecule has 0 saturated carbocycles. The summed E-state index contributed by atoms with van der Waals surface area (Å²) in [6, 6.07) is 3.10. The molecule has 17 heavy (non-hydrogen) atoms. The second-order valence-corrected chi connectivity index (χ2v) is 3.67. The van der Waals surface area contributed by atoms with Gasteiger partial charge in [0.15, 0.2) is 11.6 Å². The van der Waals surface area contributed by atoms with Gasteiger partial charge >= 0.3 is 0 Å². The van der Waals surface area contributed by atoms with Gasteiger partial charge in [0.2, 0.25) is 5.91 Å². The maximum atomic E-state index is 13.3. The van der Waals surface area contributed by atoms with Crippen LogP contribution in [-0.2, 0) is 9.53 Å². The molecule has 6 heteroatoms. The first-order valence-corrected chi connectivity index (χ1v) is 5.24. The molecule has 1 amide bonds. The highest BCUT2D eigenvalue weighted by Gasteiger charge is 2.22. The summed E-state index contributed by atoms with van der Waals surface area (Å²) < 4.78 is 31.3. The maximum absolute atomic E-state index is 13.3. The van der Waals surface area contributed by atoms with Gasteiger partial charge < -0.3 is 15.4 Å². The number of morpholine rings is 1. The van der Waals surface area contributed by atoms with Crippen LogP contribution in [0.4, 0.5) is 14.5 Å². The molecule has 0 aliphatic carbocycles. The Labute approximate surface area is 97.0 Å². The van der Waals surface area contributed by atoms with E-state index in [-0.39, 0.29) is 12.3 Å². The Hall–Kier alpha value is -1.53. The molecular weight excluding hydrogens is 230 g/mol. The van der Waals surface area contributed by atoms with Crippen molar-refractivity contribution < 1.29 is 18.3 Å². The smallest absolute Gasteiger partial charge is 0.243 e. The predicted octanol–water partition coefficient (Wildman–Crippen LogP) is 0.892. The summed E-state index contributed by atoms with van der Waals surface area (Å²) in [5.41, 5.74) is -0.164. The largest absolute Gasteiger partial charge is 0.378 e. The molecule has 0 aromatic heterocycles. The fourth-order valence-corrected chi connectivity index (χ4v) is 1.55. The molecule has 0 bridgehead atoms. The Bertz CT molecular complexity index is 420. The first-order chi connectivity index (χ1) is 8.18. The van der Waals surface area contributed by atoms with Gasteiger partial charge in [-0.15, -0.1) is 0 Å². The number of benzene rings is 1. The van der Waals surface area contributed by atoms with Crippen LogP contribution < -0.4 is 10.6 Å². The van der Waals surface area contributed by atoms with Crippen molar-refractivity contribution in [3.05, 3.63) is 29.8 Å². The zero-order chi connectivity index (χ0) is 12.3. The monoisotopic (exact) mass is 242 g/mol. The molecule has 1 aromatic rings. The Kier molecular flexibility index (Phi) is 3.65. The van der Waals surface area contributed by atoms with Gasteiger partial charge in [0.1, 0.15) is 6.04 Å². The average Bonchev–Trinajstić information content (AvgIpc) is 2.36. The molecule has 1 fully saturated rings. The summed E-state index contributed by atoms with van der Waals surface area (Å²) in [6.45, 7) is 1.32. The summed E-state index contributed by atoms with van der Waals surface area (Å²) in [6.07, 6.45) is 0. The first kappa shape index (κ1) is 11.9. The van der Waals surface area contributed by atoms with Crippen LogP contribution in [0, 0.1) is 11.6 Å². The third-order valence-electron chi connectivity index (χ3n) is 2.45. The number of halogens is 2.